The number of anilines is 1. The number of rotatable bonds is 6. The fraction of sp³-hybridized carbons (Fsp3) is 0.300. The molecule has 2 aromatic rings. The normalized spacial score (nSPS) is 13.6. The predicted molar refractivity (Wildman–Crippen MR) is 98.8 cm³/mol. The molecule has 0 saturated heterocycles. The average molecular weight is 355 g/mol. The Balaban J connectivity index is 1.98. The van der Waals surface area contributed by atoms with E-state index in [2.05, 4.69) is 16.0 Å². The molecule has 0 bridgehead atoms. The molecule has 0 aliphatic carbocycles. The van der Waals surface area contributed by atoms with Gasteiger partial charge in [-0.2, -0.15) is 5.06 Å². The molecular weight excluding hydrogens is 333 g/mol. The molecule has 0 fully saturated rings. The van der Waals surface area contributed by atoms with E-state index in [0.29, 0.717) is 25.2 Å². The molecule has 1 aromatic carbocycles. The van der Waals surface area contributed by atoms with Gasteiger partial charge < -0.3 is 10.1 Å². The summed E-state index contributed by atoms with van der Waals surface area (Å²) in [5, 5.41) is 10.6. The van der Waals surface area contributed by atoms with Crippen LogP contribution in [-0.4, -0.2) is 41.7 Å². The third-order valence-electron chi connectivity index (χ3n) is 4.63. The fourth-order valence-corrected chi connectivity index (χ4v) is 3.27. The van der Waals surface area contributed by atoms with Gasteiger partial charge in [-0.1, -0.05) is 18.2 Å². The Hall–Kier alpha value is -2.57. The summed E-state index contributed by atoms with van der Waals surface area (Å²) in [6.45, 7) is 3.77. The predicted octanol–water partition coefficient (Wildman–Crippen LogP) is 3.32. The summed E-state index contributed by atoms with van der Waals surface area (Å²) in [5.74, 6) is -0.253. The van der Waals surface area contributed by atoms with E-state index in [1.165, 1.54) is 12.1 Å². The van der Waals surface area contributed by atoms with Gasteiger partial charge in [0.2, 0.25) is 0 Å². The summed E-state index contributed by atoms with van der Waals surface area (Å²) in [6.07, 6.45) is 5.13. The number of likely N-dealkylation sites (N-methyl/N-ethyl adjacent to an activating group) is 1. The SMILES string of the molecule is CC1=CCN(Cc2ccc(F)cc2)c2cnc(C=O)c(CCN(C)O)c21. The van der Waals surface area contributed by atoms with E-state index in [1.807, 2.05) is 6.92 Å². The van der Waals surface area contributed by atoms with Gasteiger partial charge in [-0.15, -0.1) is 0 Å². The quantitative estimate of drug-likeness (QED) is 0.636. The van der Waals surface area contributed by atoms with Crippen LogP contribution in [0.2, 0.25) is 0 Å². The van der Waals surface area contributed by atoms with Gasteiger partial charge >= 0.3 is 0 Å². The second kappa shape index (κ2) is 7.76. The van der Waals surface area contributed by atoms with Crippen LogP contribution in [0.25, 0.3) is 5.57 Å². The minimum atomic E-state index is -0.253. The van der Waals surface area contributed by atoms with Crippen molar-refractivity contribution >= 4 is 17.5 Å². The Kier molecular flexibility index (Phi) is 5.44. The fourth-order valence-electron chi connectivity index (χ4n) is 3.27. The van der Waals surface area contributed by atoms with Gasteiger partial charge in [-0.3, -0.25) is 9.78 Å². The topological polar surface area (TPSA) is 56.7 Å². The van der Waals surface area contributed by atoms with Crippen molar-refractivity contribution in [2.75, 3.05) is 25.0 Å². The zero-order chi connectivity index (χ0) is 18.7. The van der Waals surface area contributed by atoms with Crippen molar-refractivity contribution in [1.82, 2.24) is 10.0 Å². The van der Waals surface area contributed by atoms with Crippen molar-refractivity contribution in [3.05, 3.63) is 64.7 Å². The van der Waals surface area contributed by atoms with Gasteiger partial charge in [0.25, 0.3) is 0 Å². The Morgan fingerprint density at radius 2 is 2.08 bits per heavy atom. The maximum absolute atomic E-state index is 13.2. The highest BCUT2D eigenvalue weighted by atomic mass is 19.1. The summed E-state index contributed by atoms with van der Waals surface area (Å²) in [6, 6.07) is 6.46. The minimum absolute atomic E-state index is 0.253. The van der Waals surface area contributed by atoms with E-state index < -0.39 is 0 Å². The lowest BCUT2D eigenvalue weighted by molar-refractivity contribution is -0.0634. The zero-order valence-electron chi connectivity index (χ0n) is 14.9. The lowest BCUT2D eigenvalue weighted by atomic mass is 9.93. The first kappa shape index (κ1) is 18.2. The van der Waals surface area contributed by atoms with Crippen LogP contribution in [0.3, 0.4) is 0 Å². The summed E-state index contributed by atoms with van der Waals surface area (Å²) < 4.78 is 13.2. The number of nitrogens with zero attached hydrogens (tertiary/aromatic N) is 3. The first-order valence-corrected chi connectivity index (χ1v) is 8.53. The molecule has 0 spiro atoms. The van der Waals surface area contributed by atoms with Gasteiger partial charge in [-0.05, 0) is 42.2 Å². The number of fused-ring (bicyclic) bond motifs is 1. The second-order valence-corrected chi connectivity index (χ2v) is 6.53. The van der Waals surface area contributed by atoms with E-state index in [9.17, 15) is 14.4 Å². The number of aromatic nitrogens is 1. The first-order valence-electron chi connectivity index (χ1n) is 8.53. The van der Waals surface area contributed by atoms with Crippen molar-refractivity contribution in [2.24, 2.45) is 0 Å². The summed E-state index contributed by atoms with van der Waals surface area (Å²) in [4.78, 5) is 17.9. The van der Waals surface area contributed by atoms with Crippen LogP contribution < -0.4 is 4.90 Å². The maximum atomic E-state index is 13.2. The molecule has 2 heterocycles. The number of allylic oxidation sites excluding steroid dienone is 1. The van der Waals surface area contributed by atoms with E-state index in [4.69, 9.17) is 0 Å². The van der Waals surface area contributed by atoms with Crippen molar-refractivity contribution in [1.29, 1.82) is 0 Å². The van der Waals surface area contributed by atoms with E-state index >= 15 is 0 Å². The molecule has 0 saturated carbocycles. The lowest BCUT2D eigenvalue weighted by Gasteiger charge is -2.32. The molecule has 1 aliphatic heterocycles. The molecule has 0 unspecified atom stereocenters. The number of pyridine rings is 1. The van der Waals surface area contributed by atoms with Gasteiger partial charge in [0.15, 0.2) is 6.29 Å². The molecular formula is C20H22FN3O2. The first-order chi connectivity index (χ1) is 12.5. The van der Waals surface area contributed by atoms with E-state index in [0.717, 1.165) is 45.8 Å². The molecule has 1 aromatic heterocycles. The number of hydrogen-bond acceptors (Lipinski definition) is 5. The van der Waals surface area contributed by atoms with Crippen LogP contribution in [0.15, 0.2) is 36.5 Å². The monoisotopic (exact) mass is 355 g/mol. The number of halogens is 1. The van der Waals surface area contributed by atoms with Crippen molar-refractivity contribution in [2.45, 2.75) is 19.9 Å². The van der Waals surface area contributed by atoms with Gasteiger partial charge in [-0.25, -0.2) is 4.39 Å². The van der Waals surface area contributed by atoms with Crippen LogP contribution in [0.1, 0.15) is 34.1 Å². The minimum Gasteiger partial charge on any atom is -0.362 e. The van der Waals surface area contributed by atoms with Crippen LogP contribution in [0.4, 0.5) is 10.1 Å². The molecule has 136 valence electrons. The Labute approximate surface area is 152 Å². The second-order valence-electron chi connectivity index (χ2n) is 6.53. The lowest BCUT2D eigenvalue weighted by Crippen LogP contribution is -2.28. The average Bonchev–Trinajstić information content (AvgIpc) is 2.63. The van der Waals surface area contributed by atoms with Crippen LogP contribution in [0, 0.1) is 5.82 Å². The third kappa shape index (κ3) is 3.81. The Morgan fingerprint density at radius 1 is 1.35 bits per heavy atom. The molecule has 1 aliphatic rings. The summed E-state index contributed by atoms with van der Waals surface area (Å²) in [7, 11) is 1.58. The summed E-state index contributed by atoms with van der Waals surface area (Å²) in [5.41, 5.74) is 5.30. The Bertz CT molecular complexity index is 832. The van der Waals surface area contributed by atoms with Crippen LogP contribution in [0.5, 0.6) is 0 Å². The van der Waals surface area contributed by atoms with Gasteiger partial charge in [0.05, 0.1) is 11.9 Å². The molecule has 0 atom stereocenters. The molecule has 6 heteroatoms. The molecule has 5 nitrogen and oxygen atoms in total. The van der Waals surface area contributed by atoms with Gasteiger partial charge in [0.1, 0.15) is 11.5 Å². The highest BCUT2D eigenvalue weighted by Gasteiger charge is 2.23. The van der Waals surface area contributed by atoms with Crippen molar-refractivity contribution < 1.29 is 14.4 Å². The number of carbonyl (C=O) groups excluding carboxylic acids is 1. The number of hydroxylamine groups is 2. The smallest absolute Gasteiger partial charge is 0.168 e. The van der Waals surface area contributed by atoms with Crippen LogP contribution in [-0.2, 0) is 13.0 Å². The number of aldehydes is 1. The number of hydrogen-bond donors (Lipinski definition) is 1. The highest BCUT2D eigenvalue weighted by molar-refractivity contribution is 5.86. The zero-order valence-corrected chi connectivity index (χ0v) is 14.9. The van der Waals surface area contributed by atoms with Gasteiger partial charge in [0, 0.05) is 32.2 Å². The van der Waals surface area contributed by atoms with Crippen molar-refractivity contribution in [3.63, 3.8) is 0 Å². The Morgan fingerprint density at radius 3 is 2.73 bits per heavy atom. The molecule has 26 heavy (non-hydrogen) atoms. The molecule has 0 radical (unpaired) electrons. The largest absolute Gasteiger partial charge is 0.362 e. The standard InChI is InChI=1S/C20H22FN3O2/c1-14-7-10-24(12-15-3-5-16(21)6-4-15)19-11-22-18(13-25)17(20(14)19)8-9-23(2)26/h3-7,11,13,26H,8-10,12H2,1-2H3. The summed E-state index contributed by atoms with van der Waals surface area (Å²) >= 11 is 0. The van der Waals surface area contributed by atoms with Crippen LogP contribution >= 0.6 is 0 Å². The molecule has 1 N–H and O–H groups in total. The van der Waals surface area contributed by atoms with Crippen molar-refractivity contribution in [3.8, 4) is 0 Å². The number of carbonyl (C=O) groups is 1. The number of benzene rings is 1. The van der Waals surface area contributed by atoms with E-state index in [1.54, 1.807) is 25.4 Å². The maximum Gasteiger partial charge on any atom is 0.168 e. The highest BCUT2D eigenvalue weighted by Crippen LogP contribution is 2.35. The molecule has 0 amide bonds. The molecule has 3 rings (SSSR count). The third-order valence-corrected chi connectivity index (χ3v) is 4.63. The van der Waals surface area contributed by atoms with E-state index in [-0.39, 0.29) is 5.82 Å².